The van der Waals surface area contributed by atoms with Crippen molar-refractivity contribution in [1.82, 2.24) is 9.80 Å². The number of ether oxygens (including phenoxy) is 1. The van der Waals surface area contributed by atoms with E-state index in [0.717, 1.165) is 12.0 Å². The molecule has 0 saturated carbocycles. The maximum absolute atomic E-state index is 12.5. The molecule has 0 spiro atoms. The number of hydrogen-bond acceptors (Lipinski definition) is 5. The number of nitrogens with zero attached hydrogens (tertiary/aromatic N) is 2. The molecule has 7 heteroatoms. The molecule has 1 fully saturated rings. The van der Waals surface area contributed by atoms with Crippen molar-refractivity contribution >= 4 is 34.8 Å². The van der Waals surface area contributed by atoms with Crippen molar-refractivity contribution in [2.24, 2.45) is 0 Å². The fraction of sp³-hybridized carbons (Fsp3) is 0.400. The van der Waals surface area contributed by atoms with Gasteiger partial charge in [-0.3, -0.25) is 9.69 Å². The first kappa shape index (κ1) is 19.9. The maximum Gasteiger partial charge on any atom is 0.327 e. The summed E-state index contributed by atoms with van der Waals surface area (Å²) in [5.74, 6) is -0.128. The zero-order valence-corrected chi connectivity index (χ0v) is 16.8. The number of carbonyl (C=O) groups excluding carboxylic acids is 2. The highest BCUT2D eigenvalue weighted by Gasteiger charge is 2.32. The van der Waals surface area contributed by atoms with Gasteiger partial charge in [-0.05, 0) is 46.5 Å². The lowest BCUT2D eigenvalue weighted by molar-refractivity contribution is -0.148. The van der Waals surface area contributed by atoms with E-state index < -0.39 is 6.04 Å². The average Bonchev–Trinajstić information content (AvgIpc) is 3.22. The van der Waals surface area contributed by atoms with Crippen LogP contribution in [0.15, 0.2) is 41.1 Å². The molecule has 0 aliphatic carbocycles. The molecule has 1 aliphatic rings. The van der Waals surface area contributed by atoms with E-state index in [4.69, 9.17) is 16.3 Å². The molecule has 5 nitrogen and oxygen atoms in total. The van der Waals surface area contributed by atoms with Gasteiger partial charge in [0.25, 0.3) is 0 Å². The van der Waals surface area contributed by atoms with Gasteiger partial charge in [0.2, 0.25) is 5.91 Å². The van der Waals surface area contributed by atoms with E-state index in [2.05, 4.69) is 16.3 Å². The number of amides is 1. The van der Waals surface area contributed by atoms with E-state index in [1.807, 2.05) is 22.4 Å². The van der Waals surface area contributed by atoms with Crippen LogP contribution < -0.4 is 0 Å². The highest BCUT2D eigenvalue weighted by molar-refractivity contribution is 7.07. The largest absolute Gasteiger partial charge is 0.468 e. The summed E-state index contributed by atoms with van der Waals surface area (Å²) in [6.07, 6.45) is 1.30. The number of piperazine rings is 1. The molecule has 1 aliphatic heterocycles. The van der Waals surface area contributed by atoms with Crippen LogP contribution in [-0.4, -0.2) is 55.0 Å². The van der Waals surface area contributed by atoms with Crippen LogP contribution in [0, 0.1) is 0 Å². The molecule has 1 aromatic heterocycles. The van der Waals surface area contributed by atoms with Gasteiger partial charge >= 0.3 is 5.97 Å². The number of rotatable bonds is 6. The van der Waals surface area contributed by atoms with Crippen molar-refractivity contribution in [2.45, 2.75) is 18.9 Å². The summed E-state index contributed by atoms with van der Waals surface area (Å²) in [4.78, 5) is 28.8. The van der Waals surface area contributed by atoms with Crippen molar-refractivity contribution in [3.8, 4) is 0 Å². The van der Waals surface area contributed by atoms with Gasteiger partial charge in [-0.1, -0.05) is 23.7 Å². The Kier molecular flexibility index (Phi) is 6.88. The van der Waals surface area contributed by atoms with E-state index >= 15 is 0 Å². The average molecular weight is 407 g/mol. The van der Waals surface area contributed by atoms with Crippen LogP contribution in [0.1, 0.15) is 23.6 Å². The lowest BCUT2D eigenvalue weighted by Gasteiger charge is -2.38. The second-order valence-electron chi connectivity index (χ2n) is 6.53. The zero-order chi connectivity index (χ0) is 19.2. The van der Waals surface area contributed by atoms with Crippen molar-refractivity contribution < 1.29 is 14.3 Å². The predicted molar refractivity (Wildman–Crippen MR) is 107 cm³/mol. The third-order valence-corrected chi connectivity index (χ3v) is 5.83. The summed E-state index contributed by atoms with van der Waals surface area (Å²) < 4.78 is 5.01. The van der Waals surface area contributed by atoms with Crippen LogP contribution in [0.2, 0.25) is 5.02 Å². The molecule has 0 radical (unpaired) electrons. The Balaban J connectivity index is 1.59. The summed E-state index contributed by atoms with van der Waals surface area (Å²) in [5, 5.41) is 4.74. The molecule has 1 amide bonds. The molecular weight excluding hydrogens is 384 g/mol. The standard InChI is InChI=1S/C20H23ClN2O3S/c1-26-20(25)19(16-3-5-17(21)6-4-16)23-11-9-22(10-12-23)18(24)7-2-15-8-13-27-14-15/h3-6,8,13-14,19H,2,7,9-12H2,1H3. The van der Waals surface area contributed by atoms with E-state index in [1.54, 1.807) is 23.5 Å². The van der Waals surface area contributed by atoms with Gasteiger partial charge in [-0.2, -0.15) is 11.3 Å². The Bertz CT molecular complexity index is 756. The molecular formula is C20H23ClN2O3S. The smallest absolute Gasteiger partial charge is 0.327 e. The summed E-state index contributed by atoms with van der Waals surface area (Å²) in [5.41, 5.74) is 2.06. The number of carbonyl (C=O) groups is 2. The molecule has 144 valence electrons. The highest BCUT2D eigenvalue weighted by Crippen LogP contribution is 2.25. The second-order valence-corrected chi connectivity index (χ2v) is 7.74. The maximum atomic E-state index is 12.5. The molecule has 0 bridgehead atoms. The topological polar surface area (TPSA) is 49.9 Å². The molecule has 2 aromatic rings. The Morgan fingerprint density at radius 2 is 1.85 bits per heavy atom. The first-order chi connectivity index (χ1) is 13.1. The van der Waals surface area contributed by atoms with E-state index in [1.165, 1.54) is 12.7 Å². The SMILES string of the molecule is COC(=O)C(c1ccc(Cl)cc1)N1CCN(C(=O)CCc2ccsc2)CC1. The minimum absolute atomic E-state index is 0.168. The minimum Gasteiger partial charge on any atom is -0.468 e. The number of halogens is 1. The number of thiophene rings is 1. The number of benzene rings is 1. The lowest BCUT2D eigenvalue weighted by Crippen LogP contribution is -2.51. The number of methoxy groups -OCH3 is 1. The molecule has 1 atom stereocenters. The van der Waals surface area contributed by atoms with Gasteiger partial charge in [-0.25, -0.2) is 4.79 Å². The summed E-state index contributed by atoms with van der Waals surface area (Å²) in [6.45, 7) is 2.49. The van der Waals surface area contributed by atoms with E-state index in [0.29, 0.717) is 37.6 Å². The van der Waals surface area contributed by atoms with Gasteiger partial charge < -0.3 is 9.64 Å². The zero-order valence-electron chi connectivity index (χ0n) is 15.3. The van der Waals surface area contributed by atoms with E-state index in [9.17, 15) is 9.59 Å². The van der Waals surface area contributed by atoms with Crippen LogP contribution in [0.3, 0.4) is 0 Å². The third-order valence-electron chi connectivity index (χ3n) is 4.85. The third kappa shape index (κ3) is 5.09. The van der Waals surface area contributed by atoms with Crippen LogP contribution >= 0.6 is 22.9 Å². The van der Waals surface area contributed by atoms with Gasteiger partial charge in [0.05, 0.1) is 7.11 Å². The van der Waals surface area contributed by atoms with E-state index in [-0.39, 0.29) is 11.9 Å². The molecule has 3 rings (SSSR count). The Morgan fingerprint density at radius 1 is 1.15 bits per heavy atom. The molecule has 2 heterocycles. The normalized spacial score (nSPS) is 16.1. The van der Waals surface area contributed by atoms with Gasteiger partial charge in [0, 0.05) is 37.6 Å². The van der Waals surface area contributed by atoms with Crippen molar-refractivity contribution in [1.29, 1.82) is 0 Å². The first-order valence-corrected chi connectivity index (χ1v) is 10.3. The molecule has 1 saturated heterocycles. The molecule has 0 N–H and O–H groups in total. The Hall–Kier alpha value is -1.89. The van der Waals surface area contributed by atoms with Crippen LogP contribution in [-0.2, 0) is 20.7 Å². The minimum atomic E-state index is -0.477. The fourth-order valence-electron chi connectivity index (χ4n) is 3.33. The summed E-state index contributed by atoms with van der Waals surface area (Å²) in [7, 11) is 1.40. The molecule has 1 unspecified atom stereocenters. The predicted octanol–water partition coefficient (Wildman–Crippen LogP) is 3.39. The van der Waals surface area contributed by atoms with Gasteiger partial charge in [-0.15, -0.1) is 0 Å². The lowest BCUT2D eigenvalue weighted by atomic mass is 10.0. The van der Waals surface area contributed by atoms with Crippen molar-refractivity contribution in [2.75, 3.05) is 33.3 Å². The van der Waals surface area contributed by atoms with Crippen LogP contribution in [0.4, 0.5) is 0 Å². The molecule has 27 heavy (non-hydrogen) atoms. The summed E-state index contributed by atoms with van der Waals surface area (Å²) >= 11 is 7.61. The summed E-state index contributed by atoms with van der Waals surface area (Å²) in [6, 6.07) is 8.83. The van der Waals surface area contributed by atoms with Gasteiger partial charge in [0.15, 0.2) is 0 Å². The second kappa shape index (κ2) is 9.35. The van der Waals surface area contributed by atoms with Crippen molar-refractivity contribution in [3.05, 3.63) is 57.2 Å². The highest BCUT2D eigenvalue weighted by atomic mass is 35.5. The quantitative estimate of drug-likeness (QED) is 0.690. The number of aryl methyl sites for hydroxylation is 1. The van der Waals surface area contributed by atoms with Gasteiger partial charge in [0.1, 0.15) is 6.04 Å². The monoisotopic (exact) mass is 406 g/mol. The van der Waals surface area contributed by atoms with Crippen molar-refractivity contribution in [3.63, 3.8) is 0 Å². The first-order valence-electron chi connectivity index (χ1n) is 8.94. The number of hydrogen-bond donors (Lipinski definition) is 0. The Morgan fingerprint density at radius 3 is 2.44 bits per heavy atom. The number of esters is 1. The fourth-order valence-corrected chi connectivity index (χ4v) is 4.16. The Labute approximate surface area is 168 Å². The van der Waals surface area contributed by atoms with Crippen LogP contribution in [0.5, 0.6) is 0 Å². The molecule has 1 aromatic carbocycles. The van der Waals surface area contributed by atoms with Crippen LogP contribution in [0.25, 0.3) is 0 Å².